The average Bonchev–Trinajstić information content (AvgIpc) is 3.23. The Labute approximate surface area is 220 Å². The van der Waals surface area contributed by atoms with Crippen molar-refractivity contribution >= 4 is 44.3 Å². The molecule has 0 radical (unpaired) electrons. The van der Waals surface area contributed by atoms with Gasteiger partial charge in [0.05, 0.1) is 12.7 Å². The number of methoxy groups -OCH3 is 1. The summed E-state index contributed by atoms with van der Waals surface area (Å²) in [5, 5.41) is 22.6. The summed E-state index contributed by atoms with van der Waals surface area (Å²) in [4.78, 5) is 14.1. The summed E-state index contributed by atoms with van der Waals surface area (Å²) in [7, 11) is 1.48. The second-order valence-electron chi connectivity index (χ2n) is 8.09. The molecule has 36 heavy (non-hydrogen) atoms. The van der Waals surface area contributed by atoms with E-state index in [2.05, 4.69) is 27.3 Å². The van der Waals surface area contributed by atoms with E-state index < -0.39 is 5.91 Å². The van der Waals surface area contributed by atoms with E-state index in [4.69, 9.17) is 9.47 Å². The van der Waals surface area contributed by atoms with Crippen molar-refractivity contribution in [2.24, 2.45) is 0 Å². The van der Waals surface area contributed by atoms with Crippen LogP contribution in [0.3, 0.4) is 0 Å². The molecule has 4 rings (SSSR count). The third-order valence-electron chi connectivity index (χ3n) is 5.74. The van der Waals surface area contributed by atoms with Crippen LogP contribution in [0.25, 0.3) is 6.08 Å². The Hall–Kier alpha value is -3.66. The van der Waals surface area contributed by atoms with Gasteiger partial charge in [0.1, 0.15) is 35.1 Å². The number of carbonyl (C=O) groups excluding carboxylic acids is 1. The summed E-state index contributed by atoms with van der Waals surface area (Å²) in [6, 6.07) is 13.6. The number of anilines is 1. The molecule has 1 aliphatic carbocycles. The number of ether oxygens (including phenoxy) is 2. The van der Waals surface area contributed by atoms with Crippen molar-refractivity contribution in [1.29, 1.82) is 10.5 Å². The topological polar surface area (TPSA) is 95.1 Å². The highest BCUT2D eigenvalue weighted by Gasteiger charge is 2.23. The van der Waals surface area contributed by atoms with Gasteiger partial charge in [-0.15, -0.1) is 11.3 Å². The van der Waals surface area contributed by atoms with E-state index in [-0.39, 0.29) is 18.0 Å². The number of hydrogen-bond donors (Lipinski definition) is 1. The zero-order valence-corrected chi connectivity index (χ0v) is 21.8. The second kappa shape index (κ2) is 11.4. The molecule has 3 aromatic rings. The van der Waals surface area contributed by atoms with Crippen molar-refractivity contribution in [2.45, 2.75) is 32.3 Å². The highest BCUT2D eigenvalue weighted by molar-refractivity contribution is 9.10. The van der Waals surface area contributed by atoms with Gasteiger partial charge < -0.3 is 14.8 Å². The quantitative estimate of drug-likeness (QED) is 0.259. The van der Waals surface area contributed by atoms with Crippen molar-refractivity contribution in [2.75, 3.05) is 12.4 Å². The zero-order valence-electron chi connectivity index (χ0n) is 19.4. The van der Waals surface area contributed by atoms with Gasteiger partial charge in [-0.05, 0) is 72.7 Å². The average molecular weight is 566 g/mol. The predicted molar refractivity (Wildman–Crippen MR) is 139 cm³/mol. The third-order valence-corrected chi connectivity index (χ3v) is 7.64. The molecule has 1 aromatic heterocycles. The smallest absolute Gasteiger partial charge is 0.266 e. The largest absolute Gasteiger partial charge is 0.493 e. The normalized spacial score (nSPS) is 12.8. The number of nitriles is 2. The molecule has 0 unspecified atom stereocenters. The lowest BCUT2D eigenvalue weighted by Crippen LogP contribution is -2.13. The molecular formula is C27H21BrFN3O3S. The van der Waals surface area contributed by atoms with Gasteiger partial charge in [0.25, 0.3) is 5.91 Å². The Kier molecular flexibility index (Phi) is 8.04. The van der Waals surface area contributed by atoms with E-state index in [0.29, 0.717) is 37.7 Å². The summed E-state index contributed by atoms with van der Waals surface area (Å²) in [6.07, 6.45) is 5.25. The maximum atomic E-state index is 13.4. The fourth-order valence-electron chi connectivity index (χ4n) is 3.97. The van der Waals surface area contributed by atoms with Gasteiger partial charge in [-0.3, -0.25) is 4.79 Å². The first-order valence-corrected chi connectivity index (χ1v) is 12.8. The maximum Gasteiger partial charge on any atom is 0.266 e. The number of rotatable bonds is 7. The summed E-state index contributed by atoms with van der Waals surface area (Å²) < 4.78 is 25.3. The standard InChI is InChI=1S/C27H21BrFN3O3S/c1-34-23-11-17(22(28)12-24(23)35-15-16-5-4-6-19(29)9-16)10-18(13-30)26(33)32-27-21(14-31)20-7-2-3-8-25(20)36-27/h4-6,9-12H,2-3,7-8,15H2,1H3,(H,32,33)/b18-10+. The number of amides is 1. The van der Waals surface area contributed by atoms with Crippen LogP contribution in [0.5, 0.6) is 11.5 Å². The Balaban J connectivity index is 1.56. The molecule has 6 nitrogen and oxygen atoms in total. The molecule has 0 aliphatic heterocycles. The molecule has 1 N–H and O–H groups in total. The molecule has 0 bridgehead atoms. The van der Waals surface area contributed by atoms with Crippen molar-refractivity contribution in [3.8, 4) is 23.6 Å². The van der Waals surface area contributed by atoms with E-state index in [0.717, 1.165) is 36.1 Å². The first-order chi connectivity index (χ1) is 17.4. The van der Waals surface area contributed by atoms with E-state index in [9.17, 15) is 19.7 Å². The Morgan fingerprint density at radius 3 is 2.75 bits per heavy atom. The monoisotopic (exact) mass is 565 g/mol. The lowest BCUT2D eigenvalue weighted by molar-refractivity contribution is -0.112. The highest BCUT2D eigenvalue weighted by Crippen LogP contribution is 2.38. The fourth-order valence-corrected chi connectivity index (χ4v) is 5.64. The number of thiophene rings is 1. The molecule has 0 spiro atoms. The van der Waals surface area contributed by atoms with Crippen LogP contribution in [0.2, 0.25) is 0 Å². The lowest BCUT2D eigenvalue weighted by atomic mass is 9.96. The highest BCUT2D eigenvalue weighted by atomic mass is 79.9. The molecule has 182 valence electrons. The van der Waals surface area contributed by atoms with Gasteiger partial charge in [0.15, 0.2) is 11.5 Å². The minimum atomic E-state index is -0.593. The van der Waals surface area contributed by atoms with E-state index in [1.165, 1.54) is 36.7 Å². The first kappa shape index (κ1) is 25.4. The summed E-state index contributed by atoms with van der Waals surface area (Å²) in [5.41, 5.74) is 2.56. The van der Waals surface area contributed by atoms with Crippen LogP contribution < -0.4 is 14.8 Å². The first-order valence-electron chi connectivity index (χ1n) is 11.2. The molecule has 1 heterocycles. The predicted octanol–water partition coefficient (Wildman–Crippen LogP) is 6.53. The van der Waals surface area contributed by atoms with Gasteiger partial charge in [-0.2, -0.15) is 10.5 Å². The van der Waals surface area contributed by atoms with Crippen molar-refractivity contribution in [1.82, 2.24) is 0 Å². The van der Waals surface area contributed by atoms with Crippen molar-refractivity contribution in [3.05, 3.63) is 79.4 Å². The van der Waals surface area contributed by atoms with Crippen molar-refractivity contribution in [3.63, 3.8) is 0 Å². The summed E-state index contributed by atoms with van der Waals surface area (Å²) in [6.45, 7) is 0.133. The molecule has 1 aliphatic rings. The molecule has 0 saturated carbocycles. The van der Waals surface area contributed by atoms with Crippen LogP contribution in [0, 0.1) is 28.5 Å². The van der Waals surface area contributed by atoms with Crippen LogP contribution in [0.4, 0.5) is 9.39 Å². The molecule has 0 saturated heterocycles. The van der Waals surface area contributed by atoms with E-state index in [1.807, 2.05) is 6.07 Å². The van der Waals surface area contributed by atoms with Crippen LogP contribution in [0.15, 0.2) is 46.4 Å². The summed E-state index contributed by atoms with van der Waals surface area (Å²) >= 11 is 4.87. The number of nitrogens with zero attached hydrogens (tertiary/aromatic N) is 2. The minimum Gasteiger partial charge on any atom is -0.493 e. The number of carbonyl (C=O) groups is 1. The van der Waals surface area contributed by atoms with Crippen LogP contribution in [0.1, 0.15) is 40.0 Å². The molecule has 9 heteroatoms. The molecule has 0 atom stereocenters. The lowest BCUT2D eigenvalue weighted by Gasteiger charge is -2.13. The number of benzene rings is 2. The number of nitrogens with one attached hydrogen (secondary N) is 1. The zero-order chi connectivity index (χ0) is 25.7. The number of hydrogen-bond acceptors (Lipinski definition) is 6. The minimum absolute atomic E-state index is 0.124. The Morgan fingerprint density at radius 2 is 2.03 bits per heavy atom. The fraction of sp³-hybridized carbons (Fsp3) is 0.222. The number of halogens is 2. The molecule has 1 amide bonds. The van der Waals surface area contributed by atoms with E-state index in [1.54, 1.807) is 24.3 Å². The number of fused-ring (bicyclic) bond motifs is 1. The second-order valence-corrected chi connectivity index (χ2v) is 10.1. The van der Waals surface area contributed by atoms with Gasteiger partial charge in [-0.1, -0.05) is 28.1 Å². The van der Waals surface area contributed by atoms with Crippen LogP contribution in [-0.2, 0) is 24.2 Å². The van der Waals surface area contributed by atoms with Crippen LogP contribution in [-0.4, -0.2) is 13.0 Å². The van der Waals surface area contributed by atoms with Gasteiger partial charge in [0.2, 0.25) is 0 Å². The van der Waals surface area contributed by atoms with Crippen LogP contribution >= 0.6 is 27.3 Å². The molecule has 0 fully saturated rings. The van der Waals surface area contributed by atoms with Gasteiger partial charge in [0, 0.05) is 9.35 Å². The summed E-state index contributed by atoms with van der Waals surface area (Å²) in [5.74, 6) is -0.144. The molecule has 2 aromatic carbocycles. The molecular weight excluding hydrogens is 545 g/mol. The Morgan fingerprint density at radius 1 is 1.22 bits per heavy atom. The van der Waals surface area contributed by atoms with E-state index >= 15 is 0 Å². The van der Waals surface area contributed by atoms with Crippen molar-refractivity contribution < 1.29 is 18.7 Å². The van der Waals surface area contributed by atoms with Gasteiger partial charge >= 0.3 is 0 Å². The SMILES string of the molecule is COc1cc(/C=C(\C#N)C(=O)Nc2sc3c(c2C#N)CCCC3)c(Br)cc1OCc1cccc(F)c1. The third kappa shape index (κ3) is 5.59. The maximum absolute atomic E-state index is 13.4. The van der Waals surface area contributed by atoms with Gasteiger partial charge in [-0.25, -0.2) is 4.39 Å². The number of aryl methyl sites for hydroxylation is 1. The Bertz CT molecular complexity index is 1440.